The van der Waals surface area contributed by atoms with E-state index in [1.54, 1.807) is 0 Å². The van der Waals surface area contributed by atoms with Crippen molar-refractivity contribution in [1.82, 2.24) is 10.2 Å². The van der Waals surface area contributed by atoms with Crippen LogP contribution in [0.3, 0.4) is 0 Å². The van der Waals surface area contributed by atoms with Gasteiger partial charge in [-0.05, 0) is 45.3 Å². The summed E-state index contributed by atoms with van der Waals surface area (Å²) >= 11 is 0. The van der Waals surface area contributed by atoms with Gasteiger partial charge in [-0.15, -0.1) is 0 Å². The highest BCUT2D eigenvalue weighted by Gasteiger charge is 2.31. The van der Waals surface area contributed by atoms with E-state index in [9.17, 15) is 0 Å². The molecule has 2 unspecified atom stereocenters. The molecule has 2 atom stereocenters. The Balaban J connectivity index is 1.90. The predicted octanol–water partition coefficient (Wildman–Crippen LogP) is 1.10. The minimum atomic E-state index is 0.608. The fourth-order valence-electron chi connectivity index (χ4n) is 2.78. The molecule has 0 saturated carbocycles. The molecule has 2 aliphatic rings. The van der Waals surface area contributed by atoms with Crippen LogP contribution in [0.4, 0.5) is 0 Å². The van der Waals surface area contributed by atoms with Crippen LogP contribution < -0.4 is 5.32 Å². The summed E-state index contributed by atoms with van der Waals surface area (Å²) < 4.78 is 5.61. The number of piperidine rings is 1. The van der Waals surface area contributed by atoms with Gasteiger partial charge >= 0.3 is 0 Å². The summed E-state index contributed by atoms with van der Waals surface area (Å²) in [4.78, 5) is 2.63. The van der Waals surface area contributed by atoms with E-state index in [0.717, 1.165) is 25.6 Å². The lowest BCUT2D eigenvalue weighted by molar-refractivity contribution is -0.0122. The fourth-order valence-corrected chi connectivity index (χ4v) is 2.78. The molecule has 1 N–H and O–H groups in total. The Kier molecular flexibility index (Phi) is 4.00. The van der Waals surface area contributed by atoms with Gasteiger partial charge in [0.2, 0.25) is 0 Å². The van der Waals surface area contributed by atoms with Crippen LogP contribution in [-0.4, -0.2) is 50.3 Å². The van der Waals surface area contributed by atoms with Crippen molar-refractivity contribution in [2.24, 2.45) is 5.92 Å². The highest BCUT2D eigenvalue weighted by Crippen LogP contribution is 2.22. The van der Waals surface area contributed by atoms with E-state index in [2.05, 4.69) is 24.2 Å². The first-order chi connectivity index (χ1) is 7.31. The third-order valence-corrected chi connectivity index (χ3v) is 3.98. The second-order valence-electron chi connectivity index (χ2n) is 5.04. The maximum atomic E-state index is 5.61. The lowest BCUT2D eigenvalue weighted by Crippen LogP contribution is -2.56. The van der Waals surface area contributed by atoms with Gasteiger partial charge in [0.15, 0.2) is 0 Å². The highest BCUT2D eigenvalue weighted by molar-refractivity contribution is 4.88. The van der Waals surface area contributed by atoms with Crippen molar-refractivity contribution < 1.29 is 4.74 Å². The standard InChI is InChI=1S/C12H24N2O/c1-10-3-6-14(7-4-10)12-9-15-8-5-11(12)13-2/h10-13H,3-9H2,1-2H3. The number of nitrogens with zero attached hydrogens (tertiary/aromatic N) is 1. The van der Waals surface area contributed by atoms with Gasteiger partial charge in [0.25, 0.3) is 0 Å². The molecule has 3 heteroatoms. The number of likely N-dealkylation sites (tertiary alicyclic amines) is 1. The molecule has 0 spiro atoms. The van der Waals surface area contributed by atoms with Crippen molar-refractivity contribution in [3.8, 4) is 0 Å². The number of hydrogen-bond donors (Lipinski definition) is 1. The summed E-state index contributed by atoms with van der Waals surface area (Å²) in [6.45, 7) is 6.72. The molecular formula is C12H24N2O. The minimum Gasteiger partial charge on any atom is -0.380 e. The van der Waals surface area contributed by atoms with Crippen molar-refractivity contribution >= 4 is 0 Å². The maximum absolute atomic E-state index is 5.61. The molecule has 0 aromatic carbocycles. The summed E-state index contributed by atoms with van der Waals surface area (Å²) in [6.07, 6.45) is 3.87. The van der Waals surface area contributed by atoms with Gasteiger partial charge in [-0.25, -0.2) is 0 Å². The number of hydrogen-bond acceptors (Lipinski definition) is 3. The molecule has 0 amide bonds. The Morgan fingerprint density at radius 2 is 1.93 bits per heavy atom. The second kappa shape index (κ2) is 5.28. The van der Waals surface area contributed by atoms with E-state index in [4.69, 9.17) is 4.74 Å². The van der Waals surface area contributed by atoms with Crippen molar-refractivity contribution in [3.05, 3.63) is 0 Å². The van der Waals surface area contributed by atoms with Crippen LogP contribution in [0, 0.1) is 5.92 Å². The van der Waals surface area contributed by atoms with Crippen molar-refractivity contribution in [2.45, 2.75) is 38.3 Å². The molecule has 3 nitrogen and oxygen atoms in total. The lowest BCUT2D eigenvalue weighted by Gasteiger charge is -2.42. The van der Waals surface area contributed by atoms with Crippen LogP contribution in [0.5, 0.6) is 0 Å². The van der Waals surface area contributed by atoms with E-state index in [0.29, 0.717) is 12.1 Å². The van der Waals surface area contributed by atoms with E-state index < -0.39 is 0 Å². The molecule has 2 fully saturated rings. The van der Waals surface area contributed by atoms with Crippen LogP contribution >= 0.6 is 0 Å². The third kappa shape index (κ3) is 2.71. The highest BCUT2D eigenvalue weighted by atomic mass is 16.5. The Morgan fingerprint density at radius 3 is 2.60 bits per heavy atom. The summed E-state index contributed by atoms with van der Waals surface area (Å²) in [5, 5.41) is 3.44. The van der Waals surface area contributed by atoms with E-state index in [1.165, 1.54) is 25.9 Å². The molecule has 2 saturated heterocycles. The van der Waals surface area contributed by atoms with Gasteiger partial charge in [0.05, 0.1) is 6.61 Å². The Morgan fingerprint density at radius 1 is 1.20 bits per heavy atom. The summed E-state index contributed by atoms with van der Waals surface area (Å²) in [7, 11) is 2.08. The maximum Gasteiger partial charge on any atom is 0.0637 e. The first kappa shape index (κ1) is 11.4. The van der Waals surface area contributed by atoms with Crippen LogP contribution in [0.25, 0.3) is 0 Å². The zero-order valence-electron chi connectivity index (χ0n) is 10.0. The van der Waals surface area contributed by atoms with Gasteiger partial charge in [0, 0.05) is 18.7 Å². The van der Waals surface area contributed by atoms with Crippen molar-refractivity contribution in [2.75, 3.05) is 33.4 Å². The number of nitrogens with one attached hydrogen (secondary N) is 1. The molecule has 0 radical (unpaired) electrons. The molecule has 88 valence electrons. The SMILES string of the molecule is CNC1CCOCC1N1CCC(C)CC1. The van der Waals surface area contributed by atoms with Gasteiger partial charge in [0.1, 0.15) is 0 Å². The third-order valence-electron chi connectivity index (χ3n) is 3.98. The van der Waals surface area contributed by atoms with Crippen molar-refractivity contribution in [1.29, 1.82) is 0 Å². The molecule has 2 heterocycles. The van der Waals surface area contributed by atoms with Gasteiger partial charge in [-0.3, -0.25) is 4.90 Å². The smallest absolute Gasteiger partial charge is 0.0637 e. The average molecular weight is 212 g/mol. The fraction of sp³-hybridized carbons (Fsp3) is 1.00. The van der Waals surface area contributed by atoms with E-state index >= 15 is 0 Å². The van der Waals surface area contributed by atoms with Gasteiger partial charge < -0.3 is 10.1 Å². The van der Waals surface area contributed by atoms with Gasteiger partial charge in [-0.1, -0.05) is 6.92 Å². The number of ether oxygens (including phenoxy) is 1. The average Bonchev–Trinajstić information content (AvgIpc) is 2.30. The summed E-state index contributed by atoms with van der Waals surface area (Å²) in [5.41, 5.74) is 0. The van der Waals surface area contributed by atoms with Crippen LogP contribution in [0.1, 0.15) is 26.2 Å². The largest absolute Gasteiger partial charge is 0.380 e. The first-order valence-electron chi connectivity index (χ1n) is 6.30. The van der Waals surface area contributed by atoms with Crippen LogP contribution in [0.2, 0.25) is 0 Å². The molecular weight excluding hydrogens is 188 g/mol. The number of rotatable bonds is 2. The molecule has 15 heavy (non-hydrogen) atoms. The Bertz CT molecular complexity index is 190. The monoisotopic (exact) mass is 212 g/mol. The molecule has 0 bridgehead atoms. The first-order valence-corrected chi connectivity index (χ1v) is 6.30. The summed E-state index contributed by atoms with van der Waals surface area (Å²) in [5.74, 6) is 0.916. The Hall–Kier alpha value is -0.120. The van der Waals surface area contributed by atoms with Gasteiger partial charge in [-0.2, -0.15) is 0 Å². The topological polar surface area (TPSA) is 24.5 Å². The zero-order chi connectivity index (χ0) is 10.7. The lowest BCUT2D eigenvalue weighted by atomic mass is 9.94. The molecule has 0 aliphatic carbocycles. The van der Waals surface area contributed by atoms with Crippen molar-refractivity contribution in [3.63, 3.8) is 0 Å². The van der Waals surface area contributed by atoms with E-state index in [1.807, 2.05) is 0 Å². The molecule has 0 aromatic rings. The van der Waals surface area contributed by atoms with E-state index in [-0.39, 0.29) is 0 Å². The minimum absolute atomic E-state index is 0.608. The predicted molar refractivity (Wildman–Crippen MR) is 62.0 cm³/mol. The Labute approximate surface area is 93.2 Å². The van der Waals surface area contributed by atoms with Crippen LogP contribution in [0.15, 0.2) is 0 Å². The van der Waals surface area contributed by atoms with Crippen LogP contribution in [-0.2, 0) is 4.74 Å². The number of likely N-dealkylation sites (N-methyl/N-ethyl adjacent to an activating group) is 1. The second-order valence-corrected chi connectivity index (χ2v) is 5.04. The molecule has 2 aliphatic heterocycles. The normalized spacial score (nSPS) is 35.6. The zero-order valence-corrected chi connectivity index (χ0v) is 10.0. The quantitative estimate of drug-likeness (QED) is 0.742. The molecule has 2 rings (SSSR count). The molecule has 0 aromatic heterocycles. The summed E-state index contributed by atoms with van der Waals surface area (Å²) in [6, 6.07) is 1.24.